The third kappa shape index (κ3) is 3.08. The molecule has 0 aliphatic carbocycles. The van der Waals surface area contributed by atoms with Gasteiger partial charge in [0.15, 0.2) is 0 Å². The summed E-state index contributed by atoms with van der Waals surface area (Å²) in [6.07, 6.45) is 4.22. The lowest BCUT2D eigenvalue weighted by atomic mass is 9.93. The van der Waals surface area contributed by atoms with E-state index in [1.54, 1.807) is 0 Å². The highest BCUT2D eigenvalue weighted by Gasteiger charge is 2.31. The predicted octanol–water partition coefficient (Wildman–Crippen LogP) is 2.15. The predicted molar refractivity (Wildman–Crippen MR) is 85.6 cm³/mol. The first kappa shape index (κ1) is 14.9. The van der Waals surface area contributed by atoms with Gasteiger partial charge in [0.05, 0.1) is 0 Å². The molecule has 5 nitrogen and oxygen atoms in total. The molecule has 1 saturated heterocycles. The third-order valence-electron chi connectivity index (χ3n) is 4.71. The van der Waals surface area contributed by atoms with Crippen molar-refractivity contribution in [3.05, 3.63) is 29.8 Å². The van der Waals surface area contributed by atoms with E-state index >= 15 is 0 Å². The van der Waals surface area contributed by atoms with Crippen LogP contribution < -0.4 is 10.6 Å². The Balaban J connectivity index is 1.64. The molecule has 3 amide bonds. The van der Waals surface area contributed by atoms with Crippen molar-refractivity contribution in [1.82, 2.24) is 4.90 Å². The zero-order valence-corrected chi connectivity index (χ0v) is 12.8. The molecule has 0 aromatic heterocycles. The van der Waals surface area contributed by atoms with Gasteiger partial charge in [0.1, 0.15) is 0 Å². The number of likely N-dealkylation sites (tertiary alicyclic amines) is 1. The number of nitrogens with zero attached hydrogens (tertiary/aromatic N) is 2. The van der Waals surface area contributed by atoms with Gasteiger partial charge >= 0.3 is 6.03 Å². The smallest absolute Gasteiger partial charge is 0.324 e. The summed E-state index contributed by atoms with van der Waals surface area (Å²) in [6.45, 7) is 2.32. The molecule has 0 saturated carbocycles. The van der Waals surface area contributed by atoms with E-state index in [0.29, 0.717) is 12.3 Å². The van der Waals surface area contributed by atoms with Crippen molar-refractivity contribution in [3.63, 3.8) is 0 Å². The minimum atomic E-state index is -0.253. The van der Waals surface area contributed by atoms with Gasteiger partial charge in [0.2, 0.25) is 5.91 Å². The third-order valence-corrected chi connectivity index (χ3v) is 4.71. The molecule has 2 aliphatic rings. The number of carbonyl (C=O) groups is 2. The number of carbonyl (C=O) groups excluding carboxylic acids is 2. The Labute approximate surface area is 131 Å². The van der Waals surface area contributed by atoms with E-state index in [0.717, 1.165) is 51.0 Å². The lowest BCUT2D eigenvalue weighted by molar-refractivity contribution is -0.118. The molecular weight excluding hydrogens is 278 g/mol. The summed E-state index contributed by atoms with van der Waals surface area (Å²) in [5, 5.41) is 0. The van der Waals surface area contributed by atoms with Crippen LogP contribution in [0.25, 0.3) is 0 Å². The van der Waals surface area contributed by atoms with E-state index in [2.05, 4.69) is 6.07 Å². The highest BCUT2D eigenvalue weighted by Crippen LogP contribution is 2.30. The fourth-order valence-corrected chi connectivity index (χ4v) is 3.53. The van der Waals surface area contributed by atoms with E-state index in [4.69, 9.17) is 5.73 Å². The van der Waals surface area contributed by atoms with Crippen LogP contribution in [-0.2, 0) is 11.2 Å². The Morgan fingerprint density at radius 3 is 2.86 bits per heavy atom. The van der Waals surface area contributed by atoms with Gasteiger partial charge < -0.3 is 10.6 Å². The van der Waals surface area contributed by atoms with Crippen LogP contribution in [0.2, 0.25) is 0 Å². The van der Waals surface area contributed by atoms with Crippen LogP contribution in [0.4, 0.5) is 10.5 Å². The van der Waals surface area contributed by atoms with Crippen molar-refractivity contribution in [2.75, 3.05) is 24.5 Å². The van der Waals surface area contributed by atoms with E-state index in [1.807, 2.05) is 28.0 Å². The van der Waals surface area contributed by atoms with Crippen molar-refractivity contribution in [1.29, 1.82) is 0 Å². The molecule has 1 aromatic carbocycles. The van der Waals surface area contributed by atoms with Gasteiger partial charge in [-0.25, -0.2) is 4.79 Å². The molecule has 0 bridgehead atoms. The van der Waals surface area contributed by atoms with Crippen LogP contribution in [0.1, 0.15) is 31.2 Å². The lowest BCUT2D eigenvalue weighted by Gasteiger charge is -2.35. The Bertz CT molecular complexity index is 573. The summed E-state index contributed by atoms with van der Waals surface area (Å²) < 4.78 is 0. The summed E-state index contributed by atoms with van der Waals surface area (Å²) in [4.78, 5) is 27.6. The normalized spacial score (nSPS) is 20.8. The monoisotopic (exact) mass is 301 g/mol. The highest BCUT2D eigenvalue weighted by molar-refractivity contribution is 5.94. The fraction of sp³-hybridized carbons (Fsp3) is 0.529. The van der Waals surface area contributed by atoms with Crippen molar-refractivity contribution < 1.29 is 9.59 Å². The summed E-state index contributed by atoms with van der Waals surface area (Å²) in [7, 11) is 0. The first-order valence-electron chi connectivity index (χ1n) is 8.08. The number of para-hydroxylation sites is 1. The van der Waals surface area contributed by atoms with Crippen molar-refractivity contribution in [2.24, 2.45) is 11.7 Å². The molecule has 22 heavy (non-hydrogen) atoms. The minimum Gasteiger partial charge on any atom is -0.370 e. The zero-order valence-electron chi connectivity index (χ0n) is 12.8. The van der Waals surface area contributed by atoms with Gasteiger partial charge in [-0.15, -0.1) is 0 Å². The second-order valence-corrected chi connectivity index (χ2v) is 6.27. The Kier molecular flexibility index (Phi) is 4.32. The maximum Gasteiger partial charge on any atom is 0.324 e. The molecule has 1 aromatic rings. The molecular formula is C17H23N3O2. The van der Waals surface area contributed by atoms with E-state index in [-0.39, 0.29) is 11.9 Å². The molecule has 1 atom stereocenters. The Morgan fingerprint density at radius 1 is 1.23 bits per heavy atom. The van der Waals surface area contributed by atoms with Gasteiger partial charge in [-0.05, 0) is 43.2 Å². The van der Waals surface area contributed by atoms with Crippen LogP contribution in [0.3, 0.4) is 0 Å². The van der Waals surface area contributed by atoms with Crippen LogP contribution >= 0.6 is 0 Å². The Hall–Kier alpha value is -2.04. The molecule has 1 fully saturated rings. The molecule has 5 heteroatoms. The lowest BCUT2D eigenvalue weighted by Crippen LogP contribution is -2.47. The standard InChI is InChI=1S/C17H23N3O2/c18-16(21)8-7-13-4-3-10-19(12-13)17(22)20-11-9-14-5-1-2-6-15(14)20/h1-2,5-6,13H,3-4,7-12H2,(H2,18,21)/t13-/m1/s1. The second-order valence-electron chi connectivity index (χ2n) is 6.27. The number of amides is 3. The summed E-state index contributed by atoms with van der Waals surface area (Å²) in [5.41, 5.74) is 7.53. The molecule has 0 unspecified atom stereocenters. The molecule has 2 heterocycles. The molecule has 0 spiro atoms. The number of rotatable bonds is 3. The van der Waals surface area contributed by atoms with Gasteiger partial charge in [-0.3, -0.25) is 9.69 Å². The minimum absolute atomic E-state index is 0.105. The van der Waals surface area contributed by atoms with E-state index < -0.39 is 0 Å². The number of primary amides is 1. The van der Waals surface area contributed by atoms with Gasteiger partial charge in [0.25, 0.3) is 0 Å². The molecule has 3 rings (SSSR count). The summed E-state index contributed by atoms with van der Waals surface area (Å²) in [5.74, 6) is 0.139. The van der Waals surface area contributed by atoms with E-state index in [9.17, 15) is 9.59 Å². The van der Waals surface area contributed by atoms with E-state index in [1.165, 1.54) is 5.56 Å². The number of hydrogen-bond acceptors (Lipinski definition) is 2. The average molecular weight is 301 g/mol. The number of fused-ring (bicyclic) bond motifs is 1. The first-order chi connectivity index (χ1) is 10.6. The first-order valence-corrected chi connectivity index (χ1v) is 8.08. The average Bonchev–Trinajstić information content (AvgIpc) is 2.96. The maximum atomic E-state index is 12.8. The largest absolute Gasteiger partial charge is 0.370 e. The van der Waals surface area contributed by atoms with Crippen molar-refractivity contribution in [3.8, 4) is 0 Å². The van der Waals surface area contributed by atoms with Crippen molar-refractivity contribution in [2.45, 2.75) is 32.1 Å². The fourth-order valence-electron chi connectivity index (χ4n) is 3.53. The van der Waals surface area contributed by atoms with Crippen LogP contribution in [0.15, 0.2) is 24.3 Å². The van der Waals surface area contributed by atoms with Crippen LogP contribution in [-0.4, -0.2) is 36.5 Å². The van der Waals surface area contributed by atoms with Gasteiger partial charge in [-0.2, -0.15) is 0 Å². The Morgan fingerprint density at radius 2 is 2.05 bits per heavy atom. The van der Waals surface area contributed by atoms with Crippen LogP contribution in [0.5, 0.6) is 0 Å². The number of anilines is 1. The van der Waals surface area contributed by atoms with Gasteiger partial charge in [-0.1, -0.05) is 18.2 Å². The summed E-state index contributed by atoms with van der Waals surface area (Å²) >= 11 is 0. The van der Waals surface area contributed by atoms with Gasteiger partial charge in [0, 0.05) is 31.7 Å². The zero-order chi connectivity index (χ0) is 15.5. The SMILES string of the molecule is NC(=O)CC[C@H]1CCCN(C(=O)N2CCc3ccccc32)C1. The quantitative estimate of drug-likeness (QED) is 0.929. The maximum absolute atomic E-state index is 12.8. The number of piperidine rings is 1. The molecule has 2 N–H and O–H groups in total. The summed E-state index contributed by atoms with van der Waals surface area (Å²) in [6, 6.07) is 8.22. The van der Waals surface area contributed by atoms with Crippen molar-refractivity contribution >= 4 is 17.6 Å². The second kappa shape index (κ2) is 6.38. The number of nitrogens with two attached hydrogens (primary N) is 1. The van der Waals surface area contributed by atoms with Crippen LogP contribution in [0, 0.1) is 5.92 Å². The molecule has 0 radical (unpaired) electrons. The number of hydrogen-bond donors (Lipinski definition) is 1. The molecule has 2 aliphatic heterocycles. The topological polar surface area (TPSA) is 66.6 Å². The number of urea groups is 1. The molecule has 118 valence electrons. The number of benzene rings is 1. The highest BCUT2D eigenvalue weighted by atomic mass is 16.2.